The topological polar surface area (TPSA) is 99.3 Å². The molecule has 0 unspecified atom stereocenters. The number of para-hydroxylation sites is 2. The molecule has 1 saturated carbocycles. The summed E-state index contributed by atoms with van der Waals surface area (Å²) >= 11 is 0. The fourth-order valence-corrected chi connectivity index (χ4v) is 3.96. The van der Waals surface area contributed by atoms with Gasteiger partial charge in [-0.3, -0.25) is 0 Å². The van der Waals surface area contributed by atoms with E-state index in [1.807, 2.05) is 48.5 Å². The third-order valence-corrected chi connectivity index (χ3v) is 5.67. The zero-order chi connectivity index (χ0) is 20.9. The van der Waals surface area contributed by atoms with Crippen molar-refractivity contribution in [2.75, 3.05) is 7.11 Å². The highest BCUT2D eigenvalue weighted by atomic mass is 16.5. The predicted octanol–water partition coefficient (Wildman–Crippen LogP) is 3.46. The number of urea groups is 1. The number of hydrogen-bond donors (Lipinski definition) is 4. The number of carbonyl (C=O) groups excluding carboxylic acids is 1. The Morgan fingerprint density at radius 2 is 1.90 bits per heavy atom. The number of hydrogen-bond acceptors (Lipinski definition) is 4. The number of methoxy groups -OCH3 is 1. The summed E-state index contributed by atoms with van der Waals surface area (Å²) in [7, 11) is 1.64. The van der Waals surface area contributed by atoms with Crippen LogP contribution in [0.15, 0.2) is 48.5 Å². The minimum absolute atomic E-state index is 0.0886. The number of aliphatic hydroxyl groups excluding tert-OH is 1. The van der Waals surface area contributed by atoms with Crippen molar-refractivity contribution in [3.63, 3.8) is 0 Å². The van der Waals surface area contributed by atoms with E-state index < -0.39 is 0 Å². The van der Waals surface area contributed by atoms with Crippen LogP contribution in [-0.4, -0.2) is 40.4 Å². The number of aromatic amines is 1. The minimum atomic E-state index is -0.306. The Balaban J connectivity index is 1.50. The van der Waals surface area contributed by atoms with E-state index in [4.69, 9.17) is 9.72 Å². The van der Waals surface area contributed by atoms with Crippen LogP contribution in [0.25, 0.3) is 11.0 Å². The smallest absolute Gasteiger partial charge is 0.315 e. The molecule has 0 radical (unpaired) electrons. The molecule has 158 valence electrons. The molecule has 4 N–H and O–H groups in total. The Morgan fingerprint density at radius 1 is 1.17 bits per heavy atom. The van der Waals surface area contributed by atoms with E-state index in [1.165, 1.54) is 0 Å². The van der Waals surface area contributed by atoms with Gasteiger partial charge < -0.3 is 25.5 Å². The molecule has 1 aromatic heterocycles. The fourth-order valence-electron chi connectivity index (χ4n) is 3.96. The number of nitrogens with zero attached hydrogens (tertiary/aromatic N) is 1. The van der Waals surface area contributed by atoms with Crippen LogP contribution in [0.2, 0.25) is 0 Å². The number of fused-ring (bicyclic) bond motifs is 1. The quantitative estimate of drug-likeness (QED) is 0.502. The molecule has 3 aromatic rings. The molecular formula is C23H28N4O3. The number of amides is 2. The van der Waals surface area contributed by atoms with Crippen molar-refractivity contribution in [2.24, 2.45) is 0 Å². The lowest BCUT2D eigenvalue weighted by molar-refractivity contribution is 0.117. The molecule has 7 nitrogen and oxygen atoms in total. The van der Waals surface area contributed by atoms with E-state index in [9.17, 15) is 9.90 Å². The Labute approximate surface area is 175 Å². The Kier molecular flexibility index (Phi) is 6.18. The second-order valence-corrected chi connectivity index (χ2v) is 7.87. The lowest BCUT2D eigenvalue weighted by Gasteiger charge is -2.27. The van der Waals surface area contributed by atoms with Crippen molar-refractivity contribution in [2.45, 2.75) is 50.3 Å². The lowest BCUT2D eigenvalue weighted by Crippen LogP contribution is -2.45. The Bertz CT molecular complexity index is 945. The monoisotopic (exact) mass is 408 g/mol. The summed E-state index contributed by atoms with van der Waals surface area (Å²) in [4.78, 5) is 20.8. The highest BCUT2D eigenvalue weighted by Crippen LogP contribution is 2.22. The van der Waals surface area contributed by atoms with Gasteiger partial charge in [-0.05, 0) is 61.9 Å². The van der Waals surface area contributed by atoms with E-state index >= 15 is 0 Å². The van der Waals surface area contributed by atoms with Gasteiger partial charge in [0.05, 0.1) is 30.3 Å². The third kappa shape index (κ3) is 4.91. The highest BCUT2D eigenvalue weighted by Gasteiger charge is 2.23. The molecule has 1 fully saturated rings. The molecule has 7 heteroatoms. The number of aliphatic hydroxyl groups is 1. The van der Waals surface area contributed by atoms with Crippen molar-refractivity contribution >= 4 is 17.1 Å². The van der Waals surface area contributed by atoms with Crippen molar-refractivity contribution in [1.29, 1.82) is 0 Å². The number of imidazole rings is 1. The number of ether oxygens (including phenoxy) is 1. The van der Waals surface area contributed by atoms with Gasteiger partial charge in [0.25, 0.3) is 0 Å². The molecule has 1 heterocycles. The van der Waals surface area contributed by atoms with Crippen LogP contribution in [-0.2, 0) is 6.42 Å². The zero-order valence-electron chi connectivity index (χ0n) is 17.1. The molecule has 2 amide bonds. The standard InChI is InChI=1S/C23H28N4O3/c1-30-18-12-6-15(7-13-18)14-21(22-25-19-4-2-3-5-20(19)26-22)27-23(29)24-16-8-10-17(28)11-9-16/h2-7,12-13,16-17,21,28H,8-11,14H2,1H3,(H,25,26)(H2,24,27,29)/t16-,17-,21-/m1/s1. The van der Waals surface area contributed by atoms with Crippen molar-refractivity contribution < 1.29 is 14.6 Å². The van der Waals surface area contributed by atoms with Gasteiger partial charge in [-0.1, -0.05) is 24.3 Å². The SMILES string of the molecule is COc1ccc(C[C@@H](NC(=O)N[C@H]2CC[C@H](O)CC2)c2nc3ccccc3[nH]2)cc1. The maximum absolute atomic E-state index is 12.7. The number of benzene rings is 2. The average molecular weight is 409 g/mol. The molecule has 0 saturated heterocycles. The van der Waals surface area contributed by atoms with Gasteiger partial charge in [0.2, 0.25) is 0 Å². The van der Waals surface area contributed by atoms with E-state index in [2.05, 4.69) is 15.6 Å². The molecule has 0 bridgehead atoms. The zero-order valence-corrected chi connectivity index (χ0v) is 17.1. The summed E-state index contributed by atoms with van der Waals surface area (Å²) in [6.45, 7) is 0. The van der Waals surface area contributed by atoms with Crippen LogP contribution in [0.1, 0.15) is 43.1 Å². The summed E-state index contributed by atoms with van der Waals surface area (Å²) in [6.07, 6.45) is 3.39. The molecule has 4 rings (SSSR count). The highest BCUT2D eigenvalue weighted by molar-refractivity contribution is 5.76. The molecular weight excluding hydrogens is 380 g/mol. The van der Waals surface area contributed by atoms with Crippen LogP contribution in [0, 0.1) is 0 Å². The van der Waals surface area contributed by atoms with Gasteiger partial charge in [-0.2, -0.15) is 0 Å². The van der Waals surface area contributed by atoms with Gasteiger partial charge in [0.1, 0.15) is 11.6 Å². The molecule has 0 spiro atoms. The first-order chi connectivity index (χ1) is 14.6. The first kappa shape index (κ1) is 20.2. The summed E-state index contributed by atoms with van der Waals surface area (Å²) in [6, 6.07) is 15.2. The van der Waals surface area contributed by atoms with Crippen LogP contribution < -0.4 is 15.4 Å². The number of rotatable bonds is 6. The number of nitrogens with one attached hydrogen (secondary N) is 3. The lowest BCUT2D eigenvalue weighted by atomic mass is 9.93. The van der Waals surface area contributed by atoms with Crippen LogP contribution in [0.3, 0.4) is 0 Å². The van der Waals surface area contributed by atoms with Crippen molar-refractivity contribution in [3.8, 4) is 5.75 Å². The van der Waals surface area contributed by atoms with Crippen molar-refractivity contribution in [3.05, 3.63) is 59.9 Å². The summed E-state index contributed by atoms with van der Waals surface area (Å²) in [5.74, 6) is 1.52. The molecule has 1 aliphatic carbocycles. The first-order valence-electron chi connectivity index (χ1n) is 10.4. The van der Waals surface area contributed by atoms with Crippen LogP contribution >= 0.6 is 0 Å². The van der Waals surface area contributed by atoms with E-state index in [0.29, 0.717) is 6.42 Å². The Morgan fingerprint density at radius 3 is 2.60 bits per heavy atom. The first-order valence-corrected chi connectivity index (χ1v) is 10.4. The average Bonchev–Trinajstić information content (AvgIpc) is 3.20. The normalized spacial score (nSPS) is 19.9. The third-order valence-electron chi connectivity index (χ3n) is 5.67. The van der Waals surface area contributed by atoms with Gasteiger partial charge in [-0.25, -0.2) is 9.78 Å². The second-order valence-electron chi connectivity index (χ2n) is 7.87. The Hall–Kier alpha value is -3.06. The van der Waals surface area contributed by atoms with Crippen molar-refractivity contribution in [1.82, 2.24) is 20.6 Å². The fraction of sp³-hybridized carbons (Fsp3) is 0.391. The second kappa shape index (κ2) is 9.17. The van der Waals surface area contributed by atoms with E-state index in [-0.39, 0.29) is 24.2 Å². The van der Waals surface area contributed by atoms with Gasteiger partial charge in [0, 0.05) is 6.04 Å². The molecule has 2 aromatic carbocycles. The predicted molar refractivity (Wildman–Crippen MR) is 115 cm³/mol. The molecule has 30 heavy (non-hydrogen) atoms. The van der Waals surface area contributed by atoms with E-state index in [0.717, 1.165) is 53.9 Å². The summed E-state index contributed by atoms with van der Waals surface area (Å²) in [5.41, 5.74) is 2.88. The summed E-state index contributed by atoms with van der Waals surface area (Å²) < 4.78 is 5.24. The van der Waals surface area contributed by atoms with Gasteiger partial charge >= 0.3 is 6.03 Å². The maximum Gasteiger partial charge on any atom is 0.315 e. The molecule has 1 aliphatic rings. The number of carbonyl (C=O) groups is 1. The molecule has 1 atom stereocenters. The van der Waals surface area contributed by atoms with E-state index in [1.54, 1.807) is 7.11 Å². The summed E-state index contributed by atoms with van der Waals surface area (Å²) in [5, 5.41) is 15.8. The minimum Gasteiger partial charge on any atom is -0.497 e. The largest absolute Gasteiger partial charge is 0.497 e. The number of aromatic nitrogens is 2. The van der Waals surface area contributed by atoms with Crippen LogP contribution in [0.5, 0.6) is 5.75 Å². The molecule has 0 aliphatic heterocycles. The van der Waals surface area contributed by atoms with Gasteiger partial charge in [0.15, 0.2) is 0 Å². The van der Waals surface area contributed by atoms with Crippen LogP contribution in [0.4, 0.5) is 4.79 Å². The number of H-pyrrole nitrogens is 1. The van der Waals surface area contributed by atoms with Gasteiger partial charge in [-0.15, -0.1) is 0 Å². The maximum atomic E-state index is 12.7.